The molecule has 1 aromatic carbocycles. The van der Waals surface area contributed by atoms with Crippen molar-refractivity contribution in [3.8, 4) is 6.07 Å². The van der Waals surface area contributed by atoms with Gasteiger partial charge < -0.3 is 4.52 Å². The molecular weight excluding hydrogens is 306 g/mol. The number of aromatic nitrogens is 1. The van der Waals surface area contributed by atoms with E-state index in [2.05, 4.69) is 5.16 Å². The molecule has 1 heterocycles. The minimum Gasteiger partial charge on any atom is -0.361 e. The van der Waals surface area contributed by atoms with E-state index in [9.17, 15) is 13.2 Å². The summed E-state index contributed by atoms with van der Waals surface area (Å²) in [5.74, 6) is -0.887. The zero-order valence-corrected chi connectivity index (χ0v) is 12.8. The molecule has 7 nitrogen and oxygen atoms in total. The van der Waals surface area contributed by atoms with Crippen molar-refractivity contribution in [1.29, 1.82) is 5.26 Å². The van der Waals surface area contributed by atoms with Gasteiger partial charge in [-0.1, -0.05) is 17.3 Å². The minimum atomic E-state index is -3.86. The molecule has 1 aromatic heterocycles. The Balaban J connectivity index is 2.14. The van der Waals surface area contributed by atoms with Crippen molar-refractivity contribution in [3.63, 3.8) is 0 Å². The van der Waals surface area contributed by atoms with Crippen LogP contribution in [0.5, 0.6) is 0 Å². The van der Waals surface area contributed by atoms with Crippen molar-refractivity contribution in [3.05, 3.63) is 52.4 Å². The molecule has 0 radical (unpaired) electrons. The Morgan fingerprint density at radius 1 is 1.32 bits per heavy atom. The van der Waals surface area contributed by atoms with E-state index in [0.717, 1.165) is 0 Å². The molecule has 0 bridgehead atoms. The van der Waals surface area contributed by atoms with E-state index in [0.29, 0.717) is 16.8 Å². The number of rotatable bonds is 4. The Labute approximate surface area is 127 Å². The second kappa shape index (κ2) is 5.99. The molecular formula is C14H13N3O4S. The van der Waals surface area contributed by atoms with Gasteiger partial charge in [0.05, 0.1) is 23.1 Å². The van der Waals surface area contributed by atoms with Gasteiger partial charge in [-0.15, -0.1) is 0 Å². The predicted octanol–water partition coefficient (Wildman–Crippen LogP) is 1.42. The number of nitrogens with one attached hydrogen (secondary N) is 1. The monoisotopic (exact) mass is 319 g/mol. The lowest BCUT2D eigenvalue weighted by molar-refractivity contribution is 0.0979. The van der Waals surface area contributed by atoms with Crippen molar-refractivity contribution in [1.82, 2.24) is 9.88 Å². The topological polar surface area (TPSA) is 113 Å². The number of hydrogen-bond acceptors (Lipinski definition) is 6. The van der Waals surface area contributed by atoms with Gasteiger partial charge in [-0.05, 0) is 31.5 Å². The summed E-state index contributed by atoms with van der Waals surface area (Å²) < 4.78 is 30.9. The zero-order chi connectivity index (χ0) is 16.3. The van der Waals surface area contributed by atoms with E-state index >= 15 is 0 Å². The summed E-state index contributed by atoms with van der Waals surface area (Å²) in [5, 5.41) is 12.3. The first-order valence-corrected chi connectivity index (χ1v) is 7.94. The summed E-state index contributed by atoms with van der Waals surface area (Å²) >= 11 is 0. The number of sulfonamides is 1. The van der Waals surface area contributed by atoms with Crippen LogP contribution in [0.1, 0.15) is 32.9 Å². The first-order chi connectivity index (χ1) is 10.3. The molecule has 1 N–H and O–H groups in total. The van der Waals surface area contributed by atoms with Crippen molar-refractivity contribution in [2.24, 2.45) is 0 Å². The summed E-state index contributed by atoms with van der Waals surface area (Å²) in [4.78, 5) is 12.0. The molecule has 2 rings (SSSR count). The number of hydrogen-bond donors (Lipinski definition) is 1. The fourth-order valence-corrected chi connectivity index (χ4v) is 3.02. The van der Waals surface area contributed by atoms with E-state index in [-0.39, 0.29) is 17.1 Å². The Hall–Kier alpha value is -2.66. The first kappa shape index (κ1) is 15.7. The number of carbonyl (C=O) groups is 1. The highest BCUT2D eigenvalue weighted by Gasteiger charge is 2.22. The summed E-state index contributed by atoms with van der Waals surface area (Å²) in [7, 11) is -3.86. The molecule has 8 heteroatoms. The molecule has 0 aliphatic heterocycles. The van der Waals surface area contributed by atoms with Gasteiger partial charge in [-0.3, -0.25) is 4.79 Å². The maximum atomic E-state index is 12.0. The number of benzene rings is 1. The van der Waals surface area contributed by atoms with Crippen LogP contribution in [0.25, 0.3) is 0 Å². The predicted molar refractivity (Wildman–Crippen MR) is 77.2 cm³/mol. The molecule has 0 unspecified atom stereocenters. The van der Waals surface area contributed by atoms with Crippen LogP contribution in [0.4, 0.5) is 0 Å². The summed E-state index contributed by atoms with van der Waals surface area (Å²) in [6.07, 6.45) is 0. The third-order valence-electron chi connectivity index (χ3n) is 2.95. The van der Waals surface area contributed by atoms with Gasteiger partial charge in [-0.25, -0.2) is 13.1 Å². The molecule has 22 heavy (non-hydrogen) atoms. The molecule has 0 atom stereocenters. The van der Waals surface area contributed by atoms with Gasteiger partial charge in [0.25, 0.3) is 5.91 Å². The van der Waals surface area contributed by atoms with Crippen LogP contribution in [-0.2, 0) is 15.8 Å². The Morgan fingerprint density at radius 3 is 2.45 bits per heavy atom. The van der Waals surface area contributed by atoms with Gasteiger partial charge in [0.2, 0.25) is 10.0 Å². The minimum absolute atomic E-state index is 0.114. The highest BCUT2D eigenvalue weighted by Crippen LogP contribution is 2.13. The smallest absolute Gasteiger partial charge is 0.270 e. The summed E-state index contributed by atoms with van der Waals surface area (Å²) in [6.45, 7) is 3.08. The maximum absolute atomic E-state index is 12.0. The lowest BCUT2D eigenvalue weighted by Gasteiger charge is -2.06. The van der Waals surface area contributed by atoms with E-state index in [4.69, 9.17) is 9.78 Å². The van der Waals surface area contributed by atoms with Crippen molar-refractivity contribution < 1.29 is 17.7 Å². The lowest BCUT2D eigenvalue weighted by atomic mass is 10.2. The number of aryl methyl sites for hydroxylation is 2. The maximum Gasteiger partial charge on any atom is 0.270 e. The number of nitriles is 1. The van der Waals surface area contributed by atoms with Crippen molar-refractivity contribution in [2.75, 3.05) is 0 Å². The van der Waals surface area contributed by atoms with Gasteiger partial charge in [-0.2, -0.15) is 5.26 Å². The SMILES string of the molecule is Cc1noc(C)c1C(=O)NS(=O)(=O)Cc1ccc(C#N)cc1. The van der Waals surface area contributed by atoms with Crippen molar-refractivity contribution >= 4 is 15.9 Å². The van der Waals surface area contributed by atoms with Gasteiger partial charge in [0.1, 0.15) is 11.3 Å². The molecule has 0 fully saturated rings. The molecule has 2 aromatic rings. The van der Waals surface area contributed by atoms with Crippen LogP contribution in [0.3, 0.4) is 0 Å². The average Bonchev–Trinajstić information content (AvgIpc) is 2.78. The fraction of sp³-hybridized carbons (Fsp3) is 0.214. The molecule has 0 aliphatic carbocycles. The van der Waals surface area contributed by atoms with Gasteiger partial charge in [0, 0.05) is 0 Å². The van der Waals surface area contributed by atoms with Gasteiger partial charge >= 0.3 is 0 Å². The quantitative estimate of drug-likeness (QED) is 0.912. The number of carbonyl (C=O) groups excluding carboxylic acids is 1. The van der Waals surface area contributed by atoms with E-state index < -0.39 is 15.9 Å². The van der Waals surface area contributed by atoms with Crippen LogP contribution in [0.15, 0.2) is 28.8 Å². The average molecular weight is 319 g/mol. The third kappa shape index (κ3) is 3.51. The third-order valence-corrected chi connectivity index (χ3v) is 4.16. The van der Waals surface area contributed by atoms with Crippen LogP contribution in [0.2, 0.25) is 0 Å². The van der Waals surface area contributed by atoms with Gasteiger partial charge in [0.15, 0.2) is 0 Å². The molecule has 1 amide bonds. The lowest BCUT2D eigenvalue weighted by Crippen LogP contribution is -2.32. The van der Waals surface area contributed by atoms with Crippen LogP contribution in [-0.4, -0.2) is 19.5 Å². The zero-order valence-electron chi connectivity index (χ0n) is 12.0. The molecule has 114 valence electrons. The molecule has 0 aliphatic rings. The van der Waals surface area contributed by atoms with Crippen LogP contribution >= 0.6 is 0 Å². The fourth-order valence-electron chi connectivity index (χ4n) is 1.93. The second-order valence-electron chi connectivity index (χ2n) is 4.70. The largest absolute Gasteiger partial charge is 0.361 e. The molecule has 0 saturated heterocycles. The van der Waals surface area contributed by atoms with Crippen LogP contribution < -0.4 is 4.72 Å². The van der Waals surface area contributed by atoms with Crippen LogP contribution in [0, 0.1) is 25.2 Å². The normalized spacial score (nSPS) is 11.0. The Bertz CT molecular complexity index is 826. The van der Waals surface area contributed by atoms with E-state index in [1.165, 1.54) is 31.2 Å². The van der Waals surface area contributed by atoms with E-state index in [1.54, 1.807) is 6.92 Å². The number of nitrogens with zero attached hydrogens (tertiary/aromatic N) is 2. The standard InChI is InChI=1S/C14H13N3O4S/c1-9-13(10(2)21-16-9)14(18)17-22(19,20)8-12-5-3-11(7-15)4-6-12/h3-6H,8H2,1-2H3,(H,17,18). The molecule has 0 saturated carbocycles. The first-order valence-electron chi connectivity index (χ1n) is 6.29. The van der Waals surface area contributed by atoms with Crippen molar-refractivity contribution in [2.45, 2.75) is 19.6 Å². The Kier molecular flexibility index (Phi) is 4.28. The second-order valence-corrected chi connectivity index (χ2v) is 6.42. The molecule has 0 spiro atoms. The highest BCUT2D eigenvalue weighted by molar-refractivity contribution is 7.89. The number of amides is 1. The van der Waals surface area contributed by atoms with E-state index in [1.807, 2.05) is 10.8 Å². The summed E-state index contributed by atoms with van der Waals surface area (Å²) in [5.41, 5.74) is 1.34. The summed E-state index contributed by atoms with van der Waals surface area (Å²) in [6, 6.07) is 8.03. The highest BCUT2D eigenvalue weighted by atomic mass is 32.2. The Morgan fingerprint density at radius 2 is 1.95 bits per heavy atom.